The summed E-state index contributed by atoms with van der Waals surface area (Å²) in [7, 11) is -0.861. The van der Waals surface area contributed by atoms with Gasteiger partial charge in [-0.15, -0.1) is 0 Å². The molecule has 6 heteroatoms. The summed E-state index contributed by atoms with van der Waals surface area (Å²) in [5.41, 5.74) is 0. The molecule has 1 N–H and O–H groups in total. The van der Waals surface area contributed by atoms with Gasteiger partial charge in [0.1, 0.15) is 15.8 Å². The van der Waals surface area contributed by atoms with E-state index >= 15 is 0 Å². The summed E-state index contributed by atoms with van der Waals surface area (Å²) >= 11 is 1.60. The Balaban J connectivity index is 1.88. The molecule has 0 spiro atoms. The van der Waals surface area contributed by atoms with Crippen molar-refractivity contribution in [1.82, 2.24) is 4.98 Å². The maximum Gasteiger partial charge on any atom is 0.188 e. The highest BCUT2D eigenvalue weighted by molar-refractivity contribution is 8.13. The van der Waals surface area contributed by atoms with Crippen LogP contribution >= 0.6 is 11.8 Å². The predicted octanol–water partition coefficient (Wildman–Crippen LogP) is 10.3. The number of carbonyl (C=O) groups is 1. The second-order valence-electron chi connectivity index (χ2n) is 12.3. The number of unbranched alkanes of at least 4 members (excludes halogenated alkanes) is 17. The van der Waals surface area contributed by atoms with Crippen LogP contribution in [-0.4, -0.2) is 45.9 Å². The Kier molecular flexibility index (Phi) is 29.2. The molecule has 1 rings (SSSR count). The summed E-state index contributed by atoms with van der Waals surface area (Å²) in [6, 6.07) is 2.68. The Morgan fingerprint density at radius 3 is 1.95 bits per heavy atom. The van der Waals surface area contributed by atoms with Crippen molar-refractivity contribution in [3.8, 4) is 0 Å². The molecular formula is C34H69NO3SSi. The third kappa shape index (κ3) is 25.8. The van der Waals surface area contributed by atoms with E-state index < -0.39 is 8.96 Å². The average Bonchev–Trinajstić information content (AvgIpc) is 2.94. The molecule has 0 saturated carbocycles. The van der Waals surface area contributed by atoms with E-state index in [1.807, 2.05) is 0 Å². The molecule has 40 heavy (non-hydrogen) atoms. The fourth-order valence-corrected chi connectivity index (χ4v) is 9.58. The van der Waals surface area contributed by atoms with Gasteiger partial charge in [-0.3, -0.25) is 4.79 Å². The van der Waals surface area contributed by atoms with E-state index in [0.717, 1.165) is 38.2 Å². The van der Waals surface area contributed by atoms with Gasteiger partial charge < -0.3 is 14.5 Å². The highest BCUT2D eigenvalue weighted by Crippen LogP contribution is 2.19. The second-order valence-corrected chi connectivity index (χ2v) is 16.4. The molecule has 1 saturated heterocycles. The number of ether oxygens (including phenoxy) is 2. The monoisotopic (exact) mass is 599 g/mol. The van der Waals surface area contributed by atoms with Gasteiger partial charge in [-0.1, -0.05) is 141 Å². The standard InChI is InChI=1S/C34H69NO3SSi/c1-3-5-7-9-11-13-15-17-19-21-28-37-32-38-33-24-22-30-40(35-27-26-33)31-23-29-39-34(36)25-20-18-16-14-12-10-8-6-4-2/h33,35,40H,3-32H2,1-2H3. The maximum absolute atomic E-state index is 12.2. The zero-order valence-corrected chi connectivity index (χ0v) is 29.0. The number of hydrogen-bond donors (Lipinski definition) is 1. The molecule has 0 bridgehead atoms. The van der Waals surface area contributed by atoms with Crippen LogP contribution in [0.4, 0.5) is 0 Å². The van der Waals surface area contributed by atoms with E-state index in [1.54, 1.807) is 11.8 Å². The molecule has 238 valence electrons. The van der Waals surface area contributed by atoms with Crippen molar-refractivity contribution in [2.45, 2.75) is 186 Å². The van der Waals surface area contributed by atoms with Gasteiger partial charge in [-0.25, -0.2) is 0 Å². The largest absolute Gasteiger partial charge is 0.355 e. The van der Waals surface area contributed by atoms with Crippen molar-refractivity contribution in [2.24, 2.45) is 0 Å². The molecular weight excluding hydrogens is 531 g/mol. The summed E-state index contributed by atoms with van der Waals surface area (Å²) in [5, 5.41) is 0.422. The maximum atomic E-state index is 12.2. The van der Waals surface area contributed by atoms with Gasteiger partial charge in [0, 0.05) is 18.8 Å². The first-order valence-electron chi connectivity index (χ1n) is 17.8. The minimum Gasteiger partial charge on any atom is -0.355 e. The Morgan fingerprint density at radius 1 is 0.750 bits per heavy atom. The van der Waals surface area contributed by atoms with Crippen molar-refractivity contribution >= 4 is 25.8 Å². The van der Waals surface area contributed by atoms with Crippen LogP contribution in [0.3, 0.4) is 0 Å². The van der Waals surface area contributed by atoms with E-state index in [9.17, 15) is 4.79 Å². The fourth-order valence-electron chi connectivity index (χ4n) is 5.76. The molecule has 0 aromatic heterocycles. The van der Waals surface area contributed by atoms with Crippen LogP contribution in [-0.2, 0) is 14.3 Å². The van der Waals surface area contributed by atoms with Crippen LogP contribution in [0, 0.1) is 0 Å². The topological polar surface area (TPSA) is 47.6 Å². The lowest BCUT2D eigenvalue weighted by molar-refractivity contribution is -0.111. The van der Waals surface area contributed by atoms with Gasteiger partial charge in [-0.2, -0.15) is 0 Å². The Morgan fingerprint density at radius 2 is 1.32 bits per heavy atom. The van der Waals surface area contributed by atoms with Gasteiger partial charge >= 0.3 is 0 Å². The molecule has 0 aromatic rings. The fraction of sp³-hybridized carbons (Fsp3) is 0.971. The average molecular weight is 600 g/mol. The van der Waals surface area contributed by atoms with E-state index in [-0.39, 0.29) is 0 Å². The molecule has 2 atom stereocenters. The van der Waals surface area contributed by atoms with E-state index in [0.29, 0.717) is 18.0 Å². The first-order valence-corrected chi connectivity index (χ1v) is 21.0. The zero-order chi connectivity index (χ0) is 28.8. The third-order valence-electron chi connectivity index (χ3n) is 8.45. The van der Waals surface area contributed by atoms with Crippen LogP contribution in [0.5, 0.6) is 0 Å². The summed E-state index contributed by atoms with van der Waals surface area (Å²) in [5.74, 6) is 1.02. The van der Waals surface area contributed by atoms with Gasteiger partial charge in [0.2, 0.25) is 0 Å². The highest BCUT2D eigenvalue weighted by Gasteiger charge is 2.18. The SMILES string of the molecule is CCCCCCCCCCCCOCOC1CCC[SiH](CCCSC(=O)CCCCCCCCCCC)NCC1. The van der Waals surface area contributed by atoms with Crippen LogP contribution in [0.2, 0.25) is 12.1 Å². The van der Waals surface area contributed by atoms with E-state index in [2.05, 4.69) is 18.8 Å². The van der Waals surface area contributed by atoms with Gasteiger partial charge in [0.15, 0.2) is 5.12 Å². The lowest BCUT2D eigenvalue weighted by Gasteiger charge is -2.25. The number of hydrogen-bond acceptors (Lipinski definition) is 5. The molecule has 1 heterocycles. The number of carbonyl (C=O) groups excluding carboxylic acids is 1. The molecule has 1 fully saturated rings. The van der Waals surface area contributed by atoms with E-state index in [1.165, 1.54) is 147 Å². The van der Waals surface area contributed by atoms with Crippen LogP contribution in [0.1, 0.15) is 168 Å². The quantitative estimate of drug-likeness (QED) is 0.0551. The number of nitrogens with one attached hydrogen (secondary N) is 1. The molecule has 4 nitrogen and oxygen atoms in total. The van der Waals surface area contributed by atoms with Gasteiger partial charge in [-0.05, 0) is 50.7 Å². The molecule has 0 aromatic carbocycles. The number of rotatable bonds is 28. The molecule has 0 amide bonds. The Bertz CT molecular complexity index is 529. The van der Waals surface area contributed by atoms with Crippen molar-refractivity contribution in [3.05, 3.63) is 0 Å². The molecule has 2 unspecified atom stereocenters. The summed E-state index contributed by atoms with van der Waals surface area (Å²) < 4.78 is 11.8. The van der Waals surface area contributed by atoms with E-state index in [4.69, 9.17) is 9.47 Å². The Labute approximate surface area is 256 Å². The smallest absolute Gasteiger partial charge is 0.188 e. The van der Waals surface area contributed by atoms with Crippen LogP contribution in [0.25, 0.3) is 0 Å². The molecule has 0 radical (unpaired) electrons. The normalized spacial score (nSPS) is 18.1. The third-order valence-corrected chi connectivity index (χ3v) is 12.5. The minimum atomic E-state index is -0.861. The van der Waals surface area contributed by atoms with Crippen molar-refractivity contribution in [2.75, 3.05) is 25.7 Å². The molecule has 0 aliphatic carbocycles. The number of thioether (sulfide) groups is 1. The van der Waals surface area contributed by atoms with Gasteiger partial charge in [0.25, 0.3) is 0 Å². The Hall–Kier alpha value is 0.117. The molecule has 1 aliphatic heterocycles. The summed E-state index contributed by atoms with van der Waals surface area (Å²) in [4.78, 5) is 16.1. The zero-order valence-electron chi connectivity index (χ0n) is 27.0. The molecule has 1 aliphatic rings. The van der Waals surface area contributed by atoms with Crippen LogP contribution in [0.15, 0.2) is 0 Å². The first-order chi connectivity index (χ1) is 19.8. The van der Waals surface area contributed by atoms with Crippen molar-refractivity contribution in [1.29, 1.82) is 0 Å². The van der Waals surface area contributed by atoms with Crippen molar-refractivity contribution < 1.29 is 14.3 Å². The van der Waals surface area contributed by atoms with Gasteiger partial charge in [0.05, 0.1) is 6.10 Å². The summed E-state index contributed by atoms with van der Waals surface area (Å²) in [6.45, 7) is 6.95. The lowest BCUT2D eigenvalue weighted by atomic mass is 10.1. The second kappa shape index (κ2) is 30.6. The predicted molar refractivity (Wildman–Crippen MR) is 180 cm³/mol. The van der Waals surface area contributed by atoms with Crippen molar-refractivity contribution in [3.63, 3.8) is 0 Å². The summed E-state index contributed by atoms with van der Waals surface area (Å²) in [6.07, 6.45) is 31.4. The lowest BCUT2D eigenvalue weighted by Crippen LogP contribution is -2.38. The first kappa shape index (κ1) is 38.1. The van der Waals surface area contributed by atoms with Crippen LogP contribution < -0.4 is 4.98 Å². The minimum absolute atomic E-state index is 0.351. The highest BCUT2D eigenvalue weighted by atomic mass is 32.2.